The third-order valence-corrected chi connectivity index (χ3v) is 7.24. The third kappa shape index (κ3) is 4.20. The zero-order valence-electron chi connectivity index (χ0n) is 16.5. The molecule has 9 heteroatoms. The molecule has 0 radical (unpaired) electrons. The summed E-state index contributed by atoms with van der Waals surface area (Å²) in [7, 11) is 0.379. The molecule has 3 rings (SSSR count). The first-order chi connectivity index (χ1) is 12.7. The summed E-state index contributed by atoms with van der Waals surface area (Å²) < 4.78 is 36.4. The van der Waals surface area contributed by atoms with Crippen molar-refractivity contribution in [2.45, 2.75) is 44.2 Å². The van der Waals surface area contributed by atoms with E-state index in [-0.39, 0.29) is 29.4 Å². The van der Waals surface area contributed by atoms with Crippen LogP contribution in [0, 0.1) is 0 Å². The van der Waals surface area contributed by atoms with E-state index in [2.05, 4.69) is 5.10 Å². The van der Waals surface area contributed by atoms with Gasteiger partial charge in [0.05, 0.1) is 42.0 Å². The van der Waals surface area contributed by atoms with Crippen molar-refractivity contribution in [2.24, 2.45) is 0 Å². The van der Waals surface area contributed by atoms with Crippen LogP contribution in [0.1, 0.15) is 54.7 Å². The van der Waals surface area contributed by atoms with Crippen molar-refractivity contribution in [3.05, 3.63) is 17.5 Å². The molecule has 2 unspecified atom stereocenters. The summed E-state index contributed by atoms with van der Waals surface area (Å²) in [5.74, 6) is 0.186. The fraction of sp³-hybridized carbons (Fsp3) is 0.778. The average Bonchev–Trinajstić information content (AvgIpc) is 3.32. The molecular weight excluding hydrogens is 370 g/mol. The summed E-state index contributed by atoms with van der Waals surface area (Å²) in [6.45, 7) is 5.49. The van der Waals surface area contributed by atoms with Gasteiger partial charge in [-0.2, -0.15) is 5.10 Å². The second kappa shape index (κ2) is 7.52. The highest BCUT2D eigenvalue weighted by atomic mass is 32.2. The number of sulfone groups is 1. The number of ether oxygens (including phenoxy) is 2. The molecule has 3 heterocycles. The number of hydrogen-bond acceptors (Lipinski definition) is 6. The van der Waals surface area contributed by atoms with Crippen molar-refractivity contribution in [1.82, 2.24) is 14.7 Å². The topological polar surface area (TPSA) is 90.7 Å². The van der Waals surface area contributed by atoms with Crippen molar-refractivity contribution in [1.29, 1.82) is 0 Å². The number of rotatable bonds is 6. The van der Waals surface area contributed by atoms with Crippen LogP contribution in [0.2, 0.25) is 0 Å². The van der Waals surface area contributed by atoms with Gasteiger partial charge >= 0.3 is 0 Å². The van der Waals surface area contributed by atoms with Gasteiger partial charge in [0.25, 0.3) is 5.91 Å². The predicted octanol–water partition coefficient (Wildman–Crippen LogP) is 1.24. The fourth-order valence-electron chi connectivity index (χ4n) is 3.82. The highest BCUT2D eigenvalue weighted by molar-refractivity contribution is 7.91. The van der Waals surface area contributed by atoms with Gasteiger partial charge in [0.15, 0.2) is 9.84 Å². The highest BCUT2D eigenvalue weighted by Crippen LogP contribution is 2.28. The molecule has 1 aromatic rings. The lowest BCUT2D eigenvalue weighted by Gasteiger charge is -2.31. The lowest BCUT2D eigenvalue weighted by Crippen LogP contribution is -2.46. The van der Waals surface area contributed by atoms with Crippen molar-refractivity contribution in [2.75, 3.05) is 45.4 Å². The van der Waals surface area contributed by atoms with Crippen LogP contribution in [0.25, 0.3) is 0 Å². The molecule has 2 aliphatic heterocycles. The molecule has 152 valence electrons. The molecule has 1 amide bonds. The van der Waals surface area contributed by atoms with E-state index in [0.717, 1.165) is 6.42 Å². The van der Waals surface area contributed by atoms with Crippen LogP contribution in [0.3, 0.4) is 0 Å². The van der Waals surface area contributed by atoms with Crippen LogP contribution in [-0.2, 0) is 19.3 Å². The van der Waals surface area contributed by atoms with Gasteiger partial charge in [0, 0.05) is 33.4 Å². The molecule has 2 fully saturated rings. The van der Waals surface area contributed by atoms with Gasteiger partial charge in [-0.1, -0.05) is 13.8 Å². The number of carbonyl (C=O) groups is 1. The molecule has 2 aliphatic rings. The van der Waals surface area contributed by atoms with Crippen molar-refractivity contribution in [3.8, 4) is 0 Å². The molecule has 0 saturated carbocycles. The molecule has 0 bridgehead atoms. The SMILES string of the molecule is COC1(CN(C)C(=O)c2cn(C3CCS(=O)(=O)C3)nc2C(C)C)CCOC1. The molecule has 1 aromatic heterocycles. The van der Waals surface area contributed by atoms with E-state index in [1.165, 1.54) is 0 Å². The van der Waals surface area contributed by atoms with Crippen LogP contribution in [-0.4, -0.2) is 80.0 Å². The molecule has 0 spiro atoms. The first kappa shape index (κ1) is 20.3. The van der Waals surface area contributed by atoms with E-state index in [9.17, 15) is 13.2 Å². The van der Waals surface area contributed by atoms with Gasteiger partial charge in [-0.05, 0) is 12.3 Å². The Morgan fingerprint density at radius 3 is 2.78 bits per heavy atom. The molecular formula is C18H29N3O5S. The zero-order chi connectivity index (χ0) is 19.8. The van der Waals surface area contributed by atoms with Gasteiger partial charge in [-0.3, -0.25) is 9.48 Å². The van der Waals surface area contributed by atoms with Gasteiger partial charge in [0.2, 0.25) is 0 Å². The highest BCUT2D eigenvalue weighted by Gasteiger charge is 2.38. The summed E-state index contributed by atoms with van der Waals surface area (Å²) in [6.07, 6.45) is 3.00. The molecule has 2 saturated heterocycles. The predicted molar refractivity (Wildman–Crippen MR) is 101 cm³/mol. The van der Waals surface area contributed by atoms with E-state index in [1.54, 1.807) is 29.9 Å². The number of carbonyl (C=O) groups excluding carboxylic acids is 1. The third-order valence-electron chi connectivity index (χ3n) is 5.49. The van der Waals surface area contributed by atoms with E-state index in [1.807, 2.05) is 13.8 Å². The van der Waals surface area contributed by atoms with E-state index >= 15 is 0 Å². The summed E-state index contributed by atoms with van der Waals surface area (Å²) in [4.78, 5) is 14.8. The lowest BCUT2D eigenvalue weighted by molar-refractivity contribution is -0.0330. The van der Waals surface area contributed by atoms with Crippen LogP contribution >= 0.6 is 0 Å². The van der Waals surface area contributed by atoms with Crippen molar-refractivity contribution >= 4 is 15.7 Å². The first-order valence-electron chi connectivity index (χ1n) is 9.34. The Morgan fingerprint density at radius 2 is 2.26 bits per heavy atom. The zero-order valence-corrected chi connectivity index (χ0v) is 17.3. The smallest absolute Gasteiger partial charge is 0.257 e. The molecule has 2 atom stereocenters. The minimum absolute atomic E-state index is 0.0582. The van der Waals surface area contributed by atoms with Crippen LogP contribution in [0.15, 0.2) is 6.20 Å². The van der Waals surface area contributed by atoms with E-state index < -0.39 is 15.4 Å². The van der Waals surface area contributed by atoms with Crippen molar-refractivity contribution in [3.63, 3.8) is 0 Å². The molecule has 0 N–H and O–H groups in total. The first-order valence-corrected chi connectivity index (χ1v) is 11.2. The van der Waals surface area contributed by atoms with Gasteiger partial charge < -0.3 is 14.4 Å². The Morgan fingerprint density at radius 1 is 1.52 bits per heavy atom. The van der Waals surface area contributed by atoms with E-state index in [0.29, 0.717) is 37.4 Å². The second-order valence-electron chi connectivity index (χ2n) is 7.97. The molecule has 0 aliphatic carbocycles. The summed E-state index contributed by atoms with van der Waals surface area (Å²) in [5.41, 5.74) is 0.755. The van der Waals surface area contributed by atoms with Gasteiger partial charge in [-0.25, -0.2) is 8.42 Å². The maximum atomic E-state index is 13.1. The van der Waals surface area contributed by atoms with Crippen molar-refractivity contribution < 1.29 is 22.7 Å². The van der Waals surface area contributed by atoms with E-state index in [4.69, 9.17) is 9.47 Å². The molecule has 27 heavy (non-hydrogen) atoms. The second-order valence-corrected chi connectivity index (χ2v) is 10.2. The monoisotopic (exact) mass is 399 g/mol. The molecule has 8 nitrogen and oxygen atoms in total. The maximum absolute atomic E-state index is 13.1. The summed E-state index contributed by atoms with van der Waals surface area (Å²) >= 11 is 0. The number of aromatic nitrogens is 2. The largest absolute Gasteiger partial charge is 0.378 e. The number of amides is 1. The van der Waals surface area contributed by atoms with Crippen LogP contribution in [0.5, 0.6) is 0 Å². The quantitative estimate of drug-likeness (QED) is 0.715. The fourth-order valence-corrected chi connectivity index (χ4v) is 5.52. The average molecular weight is 400 g/mol. The Balaban J connectivity index is 1.83. The normalized spacial score (nSPS) is 27.4. The van der Waals surface area contributed by atoms with Crippen LogP contribution in [0.4, 0.5) is 0 Å². The maximum Gasteiger partial charge on any atom is 0.257 e. The molecule has 0 aromatic carbocycles. The number of methoxy groups -OCH3 is 1. The minimum atomic E-state index is -3.02. The number of nitrogens with zero attached hydrogens (tertiary/aromatic N) is 3. The summed E-state index contributed by atoms with van der Waals surface area (Å²) in [6, 6.07) is -0.201. The Bertz CT molecular complexity index is 796. The lowest BCUT2D eigenvalue weighted by atomic mass is 10.0. The van der Waals surface area contributed by atoms with Gasteiger partial charge in [0.1, 0.15) is 5.60 Å². The number of likely N-dealkylation sites (N-methyl/N-ethyl adjacent to an activating group) is 1. The Hall–Kier alpha value is -1.45. The number of hydrogen-bond donors (Lipinski definition) is 0. The standard InChI is InChI=1S/C18H29N3O5S/c1-13(2)16-15(9-21(19-16)14-5-8-27(23,24)10-14)17(22)20(3)11-18(25-4)6-7-26-12-18/h9,13-14H,5-8,10-12H2,1-4H3. The Labute approximate surface area is 160 Å². The minimum Gasteiger partial charge on any atom is -0.378 e. The van der Waals surface area contributed by atoms with Crippen LogP contribution < -0.4 is 0 Å². The van der Waals surface area contributed by atoms with Gasteiger partial charge in [-0.15, -0.1) is 0 Å². The Kier molecular flexibility index (Phi) is 5.65. The summed E-state index contributed by atoms with van der Waals surface area (Å²) in [5, 5.41) is 4.58.